The predicted molar refractivity (Wildman–Crippen MR) is 87.6 cm³/mol. The van der Waals surface area contributed by atoms with Crippen molar-refractivity contribution in [1.82, 2.24) is 15.0 Å². The normalized spacial score (nSPS) is 17.3. The summed E-state index contributed by atoms with van der Waals surface area (Å²) in [6, 6.07) is 6.84. The van der Waals surface area contributed by atoms with E-state index in [1.807, 2.05) is 0 Å². The lowest BCUT2D eigenvalue weighted by atomic mass is 9.97. The lowest BCUT2D eigenvalue weighted by molar-refractivity contribution is -0.123. The quantitative estimate of drug-likeness (QED) is 0.875. The number of aryl methyl sites for hydroxylation is 1. The number of hydrogen-bond acceptors (Lipinski definition) is 6. The summed E-state index contributed by atoms with van der Waals surface area (Å²) in [5, 5.41) is 3.75. The lowest BCUT2D eigenvalue weighted by Gasteiger charge is -2.31. The fourth-order valence-corrected chi connectivity index (χ4v) is 2.82. The van der Waals surface area contributed by atoms with Crippen molar-refractivity contribution in [2.75, 3.05) is 13.1 Å². The van der Waals surface area contributed by atoms with E-state index in [0.29, 0.717) is 36.1 Å². The smallest absolute Gasteiger partial charge is 0.253 e. The van der Waals surface area contributed by atoms with Gasteiger partial charge in [-0.25, -0.2) is 0 Å². The summed E-state index contributed by atoms with van der Waals surface area (Å²) in [7, 11) is 0. The number of aromatic nitrogens is 2. The molecule has 1 unspecified atom stereocenters. The third-order valence-electron chi connectivity index (χ3n) is 4.15. The van der Waals surface area contributed by atoms with Crippen LogP contribution in [0.15, 0.2) is 28.8 Å². The van der Waals surface area contributed by atoms with E-state index in [9.17, 15) is 9.59 Å². The van der Waals surface area contributed by atoms with E-state index in [1.54, 1.807) is 36.1 Å². The van der Waals surface area contributed by atoms with Crippen LogP contribution in [0.2, 0.25) is 0 Å². The Morgan fingerprint density at radius 3 is 2.76 bits per heavy atom. The van der Waals surface area contributed by atoms with Crippen LogP contribution in [0.3, 0.4) is 0 Å². The first-order chi connectivity index (χ1) is 12.0. The Balaban J connectivity index is 1.59. The van der Waals surface area contributed by atoms with Gasteiger partial charge in [0.25, 0.3) is 5.91 Å². The van der Waals surface area contributed by atoms with Crippen LogP contribution in [0.1, 0.15) is 34.9 Å². The summed E-state index contributed by atoms with van der Waals surface area (Å²) in [6.45, 7) is 2.92. The Kier molecular flexibility index (Phi) is 4.97. The second kappa shape index (κ2) is 7.33. The number of carbonyl (C=O) groups is 2. The summed E-state index contributed by atoms with van der Waals surface area (Å²) in [5.74, 6) is 0.828. The van der Waals surface area contributed by atoms with Crippen molar-refractivity contribution in [2.24, 2.45) is 11.7 Å². The van der Waals surface area contributed by atoms with Crippen molar-refractivity contribution in [1.29, 1.82) is 0 Å². The molecular formula is C17H20N4O4. The highest BCUT2D eigenvalue weighted by Crippen LogP contribution is 2.20. The molecule has 2 amide bonds. The molecule has 0 spiro atoms. The maximum absolute atomic E-state index is 12.6. The number of piperidine rings is 1. The van der Waals surface area contributed by atoms with Crippen LogP contribution in [0, 0.1) is 12.8 Å². The van der Waals surface area contributed by atoms with Crippen molar-refractivity contribution in [3.8, 4) is 5.75 Å². The number of nitrogens with zero attached hydrogens (tertiary/aromatic N) is 3. The van der Waals surface area contributed by atoms with Crippen molar-refractivity contribution in [2.45, 2.75) is 26.4 Å². The molecule has 1 aromatic carbocycles. The van der Waals surface area contributed by atoms with E-state index in [4.69, 9.17) is 15.0 Å². The molecule has 1 saturated heterocycles. The number of benzene rings is 1. The Labute approximate surface area is 144 Å². The predicted octanol–water partition coefficient (Wildman–Crippen LogP) is 1.29. The van der Waals surface area contributed by atoms with Crippen LogP contribution in [-0.2, 0) is 11.4 Å². The zero-order chi connectivity index (χ0) is 17.8. The summed E-state index contributed by atoms with van der Waals surface area (Å²) in [5.41, 5.74) is 5.91. The molecular weight excluding hydrogens is 324 g/mol. The third kappa shape index (κ3) is 4.14. The zero-order valence-electron chi connectivity index (χ0n) is 14.0. The third-order valence-corrected chi connectivity index (χ3v) is 4.15. The van der Waals surface area contributed by atoms with Gasteiger partial charge in [0.15, 0.2) is 6.61 Å². The Morgan fingerprint density at radius 1 is 1.36 bits per heavy atom. The summed E-state index contributed by atoms with van der Waals surface area (Å²) in [4.78, 5) is 29.6. The first-order valence-electron chi connectivity index (χ1n) is 8.13. The Morgan fingerprint density at radius 2 is 2.12 bits per heavy atom. The molecule has 0 bridgehead atoms. The minimum atomic E-state index is -0.349. The van der Waals surface area contributed by atoms with E-state index in [1.165, 1.54) is 0 Å². The van der Waals surface area contributed by atoms with Gasteiger partial charge in [0.2, 0.25) is 17.6 Å². The molecule has 132 valence electrons. The molecule has 0 radical (unpaired) electrons. The first kappa shape index (κ1) is 16.9. The largest absolute Gasteiger partial charge is 0.485 e. The van der Waals surface area contributed by atoms with Crippen LogP contribution in [-0.4, -0.2) is 39.9 Å². The molecule has 25 heavy (non-hydrogen) atoms. The number of ether oxygens (including phenoxy) is 1. The molecule has 0 aliphatic carbocycles. The first-order valence-corrected chi connectivity index (χ1v) is 8.13. The van der Waals surface area contributed by atoms with Crippen molar-refractivity contribution in [3.63, 3.8) is 0 Å². The Hall–Kier alpha value is -2.90. The highest BCUT2D eigenvalue weighted by Gasteiger charge is 2.27. The van der Waals surface area contributed by atoms with Crippen LogP contribution >= 0.6 is 0 Å². The minimum Gasteiger partial charge on any atom is -0.485 e. The minimum absolute atomic E-state index is 0.105. The van der Waals surface area contributed by atoms with Gasteiger partial charge < -0.3 is 19.9 Å². The average molecular weight is 344 g/mol. The van der Waals surface area contributed by atoms with Gasteiger partial charge in [-0.1, -0.05) is 5.16 Å². The highest BCUT2D eigenvalue weighted by atomic mass is 16.5. The molecule has 2 N–H and O–H groups in total. The molecule has 1 aliphatic heterocycles. The van der Waals surface area contributed by atoms with E-state index in [-0.39, 0.29) is 24.3 Å². The molecule has 1 aromatic heterocycles. The lowest BCUT2D eigenvalue weighted by Crippen LogP contribution is -2.44. The molecule has 8 nitrogen and oxygen atoms in total. The summed E-state index contributed by atoms with van der Waals surface area (Å²) in [6.07, 6.45) is 1.52. The Bertz CT molecular complexity index is 756. The maximum atomic E-state index is 12.6. The number of amides is 2. The van der Waals surface area contributed by atoms with Crippen molar-refractivity contribution < 1.29 is 18.8 Å². The number of primary amides is 1. The number of nitrogens with two attached hydrogens (primary N) is 1. The van der Waals surface area contributed by atoms with Gasteiger partial charge in [-0.15, -0.1) is 0 Å². The van der Waals surface area contributed by atoms with Gasteiger partial charge >= 0.3 is 0 Å². The molecule has 3 rings (SSSR count). The summed E-state index contributed by atoms with van der Waals surface area (Å²) >= 11 is 0. The molecule has 8 heteroatoms. The van der Waals surface area contributed by atoms with Crippen molar-refractivity contribution in [3.05, 3.63) is 41.5 Å². The van der Waals surface area contributed by atoms with Gasteiger partial charge in [-0.3, -0.25) is 9.59 Å². The monoisotopic (exact) mass is 344 g/mol. The average Bonchev–Trinajstić information content (AvgIpc) is 3.05. The van der Waals surface area contributed by atoms with E-state index in [2.05, 4.69) is 10.1 Å². The molecule has 1 fully saturated rings. The van der Waals surface area contributed by atoms with E-state index >= 15 is 0 Å². The fraction of sp³-hybridized carbons (Fsp3) is 0.412. The second-order valence-corrected chi connectivity index (χ2v) is 6.04. The number of carbonyl (C=O) groups excluding carboxylic acids is 2. The SMILES string of the molecule is Cc1nc(COc2ccc(C(=O)N3CCCC(C(N)=O)C3)cc2)no1. The highest BCUT2D eigenvalue weighted by molar-refractivity contribution is 5.94. The molecule has 2 heterocycles. The van der Waals surface area contributed by atoms with E-state index in [0.717, 1.165) is 12.8 Å². The van der Waals surface area contributed by atoms with Gasteiger partial charge in [0.05, 0.1) is 5.92 Å². The fourth-order valence-electron chi connectivity index (χ4n) is 2.82. The molecule has 0 saturated carbocycles. The topological polar surface area (TPSA) is 112 Å². The van der Waals surface area contributed by atoms with Crippen molar-refractivity contribution >= 4 is 11.8 Å². The molecule has 1 atom stereocenters. The van der Waals surface area contributed by atoms with Gasteiger partial charge in [-0.05, 0) is 37.1 Å². The maximum Gasteiger partial charge on any atom is 0.253 e. The second-order valence-electron chi connectivity index (χ2n) is 6.04. The van der Waals surface area contributed by atoms with Crippen LogP contribution in [0.25, 0.3) is 0 Å². The summed E-state index contributed by atoms with van der Waals surface area (Å²) < 4.78 is 10.4. The van der Waals surface area contributed by atoms with Gasteiger partial charge in [0, 0.05) is 25.6 Å². The van der Waals surface area contributed by atoms with E-state index < -0.39 is 0 Å². The van der Waals surface area contributed by atoms with Gasteiger partial charge in [0.1, 0.15) is 5.75 Å². The zero-order valence-corrected chi connectivity index (χ0v) is 14.0. The number of likely N-dealkylation sites (tertiary alicyclic amines) is 1. The molecule has 1 aliphatic rings. The van der Waals surface area contributed by atoms with Gasteiger partial charge in [-0.2, -0.15) is 4.98 Å². The van der Waals surface area contributed by atoms with Crippen LogP contribution in [0.5, 0.6) is 5.75 Å². The number of hydrogen-bond donors (Lipinski definition) is 1. The number of rotatable bonds is 5. The molecule has 2 aromatic rings. The standard InChI is InChI=1S/C17H20N4O4/c1-11-19-15(20-25-11)10-24-14-6-4-12(5-7-14)17(23)21-8-2-3-13(9-21)16(18)22/h4-7,13H,2-3,8-10H2,1H3,(H2,18,22). The van der Waals surface area contributed by atoms with Crippen LogP contribution < -0.4 is 10.5 Å². The van der Waals surface area contributed by atoms with Crippen LogP contribution in [0.4, 0.5) is 0 Å².